The van der Waals surface area contributed by atoms with Crippen LogP contribution in [0.5, 0.6) is 5.75 Å². The van der Waals surface area contributed by atoms with E-state index in [-0.39, 0.29) is 10.8 Å². The lowest BCUT2D eigenvalue weighted by atomic mass is 9.63. The van der Waals surface area contributed by atoms with Gasteiger partial charge in [0.1, 0.15) is 5.75 Å². The molecular weight excluding hydrogens is 470 g/mol. The topological polar surface area (TPSA) is 58.6 Å². The van der Waals surface area contributed by atoms with Crippen molar-refractivity contribution in [1.29, 1.82) is 0 Å². The number of carboxylic acid groups (broad SMARTS) is 1. The van der Waals surface area contributed by atoms with E-state index in [1.54, 1.807) is 12.1 Å². The van der Waals surface area contributed by atoms with Gasteiger partial charge in [-0.15, -0.1) is 0 Å². The Balaban J connectivity index is 1.75. The molecule has 4 heteroatoms. The van der Waals surface area contributed by atoms with Crippen molar-refractivity contribution in [3.8, 4) is 28.0 Å². The van der Waals surface area contributed by atoms with Crippen LogP contribution in [-0.2, 0) is 10.8 Å². The van der Waals surface area contributed by atoms with Crippen LogP contribution >= 0.6 is 0 Å². The van der Waals surface area contributed by atoms with Gasteiger partial charge in [0.2, 0.25) is 0 Å². The fourth-order valence-corrected chi connectivity index (χ4v) is 5.67. The molecule has 0 aliphatic heterocycles. The van der Waals surface area contributed by atoms with Gasteiger partial charge in [-0.05, 0) is 95.1 Å². The zero-order chi connectivity index (χ0) is 27.5. The summed E-state index contributed by atoms with van der Waals surface area (Å²) in [5.41, 5.74) is 7.70. The minimum absolute atomic E-state index is 0.117. The molecule has 3 aromatic rings. The van der Waals surface area contributed by atoms with Crippen LogP contribution in [0.3, 0.4) is 0 Å². The molecule has 4 nitrogen and oxygen atoms in total. The van der Waals surface area contributed by atoms with Crippen LogP contribution in [0.4, 0.5) is 0 Å². The number of hydrogen-bond acceptors (Lipinski definition) is 3. The van der Waals surface area contributed by atoms with E-state index in [9.17, 15) is 9.90 Å². The molecule has 38 heavy (non-hydrogen) atoms. The number of ether oxygens (including phenoxy) is 1. The van der Waals surface area contributed by atoms with Gasteiger partial charge in [-0.2, -0.15) is 0 Å². The third-order valence-electron chi connectivity index (χ3n) is 8.32. The largest absolute Gasteiger partial charge is 0.493 e. The van der Waals surface area contributed by atoms with Crippen molar-refractivity contribution in [2.75, 3.05) is 13.2 Å². The monoisotopic (exact) mass is 513 g/mol. The number of nitrogens with one attached hydrogen (secondary N) is 1. The van der Waals surface area contributed by atoms with Crippen molar-refractivity contribution in [1.82, 2.24) is 5.32 Å². The first-order valence-corrected chi connectivity index (χ1v) is 14.0. The summed E-state index contributed by atoms with van der Waals surface area (Å²) < 4.78 is 6.43. The Bertz CT molecular complexity index is 1270. The summed E-state index contributed by atoms with van der Waals surface area (Å²) >= 11 is 0. The van der Waals surface area contributed by atoms with E-state index in [2.05, 4.69) is 83.3 Å². The van der Waals surface area contributed by atoms with E-state index >= 15 is 0 Å². The number of aromatic carboxylic acids is 1. The maximum absolute atomic E-state index is 11.3. The molecule has 4 rings (SSSR count). The second kappa shape index (κ2) is 11.3. The van der Waals surface area contributed by atoms with Crippen LogP contribution in [0.2, 0.25) is 0 Å². The molecule has 1 aliphatic rings. The highest BCUT2D eigenvalue weighted by Crippen LogP contribution is 2.47. The minimum atomic E-state index is -0.913. The molecule has 1 aliphatic carbocycles. The number of benzene rings is 3. The number of hydrogen-bond donors (Lipinski definition) is 2. The van der Waals surface area contributed by atoms with E-state index < -0.39 is 5.97 Å². The lowest BCUT2D eigenvalue weighted by Crippen LogP contribution is -2.33. The smallest absolute Gasteiger partial charge is 0.335 e. The van der Waals surface area contributed by atoms with E-state index in [1.807, 2.05) is 12.1 Å². The molecular formula is C34H43NO3. The van der Waals surface area contributed by atoms with Crippen molar-refractivity contribution in [2.45, 2.75) is 84.1 Å². The Morgan fingerprint density at radius 1 is 0.868 bits per heavy atom. The number of fused-ring (bicyclic) bond motifs is 1. The van der Waals surface area contributed by atoms with Gasteiger partial charge < -0.3 is 15.2 Å². The Morgan fingerprint density at radius 3 is 2.13 bits per heavy atom. The molecule has 0 fully saturated rings. The summed E-state index contributed by atoms with van der Waals surface area (Å²) in [6, 6.07) is 20.8. The predicted molar refractivity (Wildman–Crippen MR) is 157 cm³/mol. The summed E-state index contributed by atoms with van der Waals surface area (Å²) in [6.45, 7) is 15.4. The van der Waals surface area contributed by atoms with E-state index in [0.717, 1.165) is 47.4 Å². The summed E-state index contributed by atoms with van der Waals surface area (Å²) in [4.78, 5) is 11.3. The molecule has 202 valence electrons. The molecule has 0 radical (unpaired) electrons. The van der Waals surface area contributed by atoms with E-state index in [0.29, 0.717) is 18.2 Å². The van der Waals surface area contributed by atoms with Crippen molar-refractivity contribution in [3.63, 3.8) is 0 Å². The fourth-order valence-electron chi connectivity index (χ4n) is 5.67. The quantitative estimate of drug-likeness (QED) is 0.287. The lowest BCUT2D eigenvalue weighted by Gasteiger charge is -2.42. The van der Waals surface area contributed by atoms with Crippen molar-refractivity contribution < 1.29 is 14.6 Å². The summed E-state index contributed by atoms with van der Waals surface area (Å²) in [6.07, 6.45) is 4.38. The predicted octanol–water partition coefficient (Wildman–Crippen LogP) is 8.22. The van der Waals surface area contributed by atoms with E-state index in [1.165, 1.54) is 24.0 Å². The van der Waals surface area contributed by atoms with Gasteiger partial charge in [0.05, 0.1) is 12.2 Å². The maximum atomic E-state index is 11.3. The van der Waals surface area contributed by atoms with Crippen molar-refractivity contribution in [2.24, 2.45) is 0 Å². The molecule has 2 N–H and O–H groups in total. The van der Waals surface area contributed by atoms with E-state index in [4.69, 9.17) is 4.74 Å². The zero-order valence-corrected chi connectivity index (χ0v) is 23.9. The van der Waals surface area contributed by atoms with Crippen LogP contribution < -0.4 is 10.1 Å². The second-order valence-corrected chi connectivity index (χ2v) is 11.9. The highest BCUT2D eigenvalue weighted by atomic mass is 16.5. The van der Waals surface area contributed by atoms with Gasteiger partial charge in [0.15, 0.2) is 0 Å². The van der Waals surface area contributed by atoms with Crippen LogP contribution in [0, 0.1) is 0 Å². The molecule has 0 amide bonds. The van der Waals surface area contributed by atoms with Crippen LogP contribution in [0.15, 0.2) is 60.7 Å². The zero-order valence-electron chi connectivity index (χ0n) is 23.9. The van der Waals surface area contributed by atoms with Gasteiger partial charge in [-0.1, -0.05) is 77.9 Å². The molecule has 0 saturated carbocycles. The first kappa shape index (κ1) is 27.9. The molecule has 0 saturated heterocycles. The summed E-state index contributed by atoms with van der Waals surface area (Å²) in [7, 11) is 0. The molecule has 3 aromatic carbocycles. The van der Waals surface area contributed by atoms with Gasteiger partial charge in [-0.3, -0.25) is 0 Å². The average molecular weight is 514 g/mol. The molecule has 0 aromatic heterocycles. The standard InChI is InChI=1S/C34H43NO3/c1-7-27(35-8-2)17-20-38-31-16-14-25(23-9-11-24(12-10-23)32(36)37)21-28(31)26-13-15-29-30(22-26)34(5,6)19-18-33(29,3)4/h9-16,21-22,27,35H,7-8,17-20H2,1-6H3,(H,36,37). The lowest BCUT2D eigenvalue weighted by molar-refractivity contribution is 0.0697. The Morgan fingerprint density at radius 2 is 1.50 bits per heavy atom. The molecule has 1 atom stereocenters. The SMILES string of the molecule is CCNC(CC)CCOc1ccc(-c2ccc(C(=O)O)cc2)cc1-c1ccc2c(c1)C(C)(C)CCC2(C)C. The third-order valence-corrected chi connectivity index (χ3v) is 8.32. The van der Waals surface area contributed by atoms with Crippen LogP contribution in [0.25, 0.3) is 22.3 Å². The maximum Gasteiger partial charge on any atom is 0.335 e. The first-order valence-electron chi connectivity index (χ1n) is 14.0. The number of rotatable bonds is 10. The fraction of sp³-hybridized carbons (Fsp3) is 0.441. The van der Waals surface area contributed by atoms with Crippen LogP contribution in [0.1, 0.15) is 88.7 Å². The molecule has 0 bridgehead atoms. The van der Waals surface area contributed by atoms with Gasteiger partial charge >= 0.3 is 5.97 Å². The first-order chi connectivity index (χ1) is 18.1. The van der Waals surface area contributed by atoms with Gasteiger partial charge in [0, 0.05) is 11.6 Å². The number of carbonyl (C=O) groups is 1. The minimum Gasteiger partial charge on any atom is -0.493 e. The highest BCUT2D eigenvalue weighted by Gasteiger charge is 2.37. The molecule has 1 unspecified atom stereocenters. The summed E-state index contributed by atoms with van der Waals surface area (Å²) in [5.74, 6) is -0.0291. The van der Waals surface area contributed by atoms with Crippen LogP contribution in [-0.4, -0.2) is 30.3 Å². The molecule has 0 spiro atoms. The van der Waals surface area contributed by atoms with Gasteiger partial charge in [0.25, 0.3) is 0 Å². The number of carboxylic acids is 1. The van der Waals surface area contributed by atoms with Gasteiger partial charge in [-0.25, -0.2) is 4.79 Å². The molecule has 0 heterocycles. The third kappa shape index (κ3) is 5.96. The normalized spacial score (nSPS) is 16.5. The average Bonchev–Trinajstić information content (AvgIpc) is 2.91. The Hall–Kier alpha value is -3.11. The summed E-state index contributed by atoms with van der Waals surface area (Å²) in [5, 5.41) is 12.8. The second-order valence-electron chi connectivity index (χ2n) is 11.9. The van der Waals surface area contributed by atoms with Crippen molar-refractivity contribution >= 4 is 5.97 Å². The Labute approximate surface area is 228 Å². The Kier molecular flexibility index (Phi) is 8.32. The van der Waals surface area contributed by atoms with Crippen molar-refractivity contribution in [3.05, 3.63) is 77.4 Å². The highest BCUT2D eigenvalue weighted by molar-refractivity contribution is 5.88.